The molecule has 0 radical (unpaired) electrons. The molecule has 3 N–H and O–H groups in total. The van der Waals surface area contributed by atoms with E-state index in [4.69, 9.17) is 18.9 Å². The summed E-state index contributed by atoms with van der Waals surface area (Å²) in [5.41, 5.74) is 2.41. The number of esters is 1. The Hall–Kier alpha value is -5.85. The lowest BCUT2D eigenvalue weighted by Gasteiger charge is -2.26. The lowest BCUT2D eigenvalue weighted by atomic mass is 9.97. The quantitative estimate of drug-likeness (QED) is 0.105. The average Bonchev–Trinajstić information content (AvgIpc) is 3.53. The third-order valence-corrected chi connectivity index (χ3v) is 9.33. The summed E-state index contributed by atoms with van der Waals surface area (Å²) >= 11 is 0. The van der Waals surface area contributed by atoms with Crippen LogP contribution in [0, 0.1) is 11.8 Å². The van der Waals surface area contributed by atoms with E-state index in [1.54, 1.807) is 32.1 Å². The van der Waals surface area contributed by atoms with E-state index in [9.17, 15) is 24.0 Å². The first-order valence-electron chi connectivity index (χ1n) is 19.0. The maximum atomic E-state index is 14.2. The van der Waals surface area contributed by atoms with Gasteiger partial charge >= 0.3 is 12.1 Å². The fourth-order valence-corrected chi connectivity index (χ4v) is 6.47. The minimum Gasteiger partial charge on any atom is -0.497 e. The van der Waals surface area contributed by atoms with Crippen LogP contribution in [0.1, 0.15) is 56.7 Å². The molecule has 1 heterocycles. The predicted octanol–water partition coefficient (Wildman–Crippen LogP) is 5.12. The number of carbonyl (C=O) groups excluding carboxylic acids is 5. The minimum atomic E-state index is -1.07. The zero-order chi connectivity index (χ0) is 40.5. The number of benzene rings is 3. The van der Waals surface area contributed by atoms with Gasteiger partial charge < -0.3 is 39.8 Å². The highest BCUT2D eigenvalue weighted by Gasteiger charge is 2.35. The Balaban J connectivity index is 1.51. The van der Waals surface area contributed by atoms with Gasteiger partial charge in [-0.1, -0.05) is 80.6 Å². The van der Waals surface area contributed by atoms with E-state index in [1.807, 2.05) is 86.6 Å². The van der Waals surface area contributed by atoms with E-state index in [1.165, 1.54) is 12.2 Å². The molecule has 1 aliphatic rings. The maximum absolute atomic E-state index is 14.2. The predicted molar refractivity (Wildman–Crippen MR) is 210 cm³/mol. The first-order chi connectivity index (χ1) is 27.0. The molecule has 0 bridgehead atoms. The van der Waals surface area contributed by atoms with E-state index in [-0.39, 0.29) is 37.9 Å². The van der Waals surface area contributed by atoms with Gasteiger partial charge in [-0.3, -0.25) is 14.4 Å². The fraction of sp³-hybridized carbons (Fsp3) is 0.419. The fourth-order valence-electron chi connectivity index (χ4n) is 6.47. The summed E-state index contributed by atoms with van der Waals surface area (Å²) in [5, 5.41) is 8.52. The van der Waals surface area contributed by atoms with Gasteiger partial charge in [0.25, 0.3) is 0 Å². The number of hydrogen-bond donors (Lipinski definition) is 3. The molecule has 300 valence electrons. The maximum Gasteiger partial charge on any atom is 0.408 e. The van der Waals surface area contributed by atoms with Gasteiger partial charge in [0, 0.05) is 49.2 Å². The molecule has 0 spiro atoms. The molecule has 0 aliphatic carbocycles. The zero-order valence-corrected chi connectivity index (χ0v) is 32.8. The number of ether oxygens (including phenoxy) is 4. The van der Waals surface area contributed by atoms with Crippen molar-refractivity contribution in [2.45, 2.75) is 77.7 Å². The number of likely N-dealkylation sites (tertiary alicyclic amines) is 1. The Kier molecular flexibility index (Phi) is 16.8. The van der Waals surface area contributed by atoms with Crippen LogP contribution in [0.25, 0.3) is 0 Å². The number of alkyl carbamates (subject to hydrolysis) is 1. The molecule has 1 fully saturated rings. The van der Waals surface area contributed by atoms with Crippen LogP contribution in [0.3, 0.4) is 0 Å². The van der Waals surface area contributed by atoms with Crippen molar-refractivity contribution in [1.82, 2.24) is 20.9 Å². The molecule has 3 aromatic carbocycles. The molecule has 4 rings (SSSR count). The second-order valence-electron chi connectivity index (χ2n) is 14.0. The average molecular weight is 771 g/mol. The number of nitrogens with zero attached hydrogens (tertiary/aromatic N) is 1. The lowest BCUT2D eigenvalue weighted by Crippen LogP contribution is -2.56. The normalized spacial score (nSPS) is 15.5. The van der Waals surface area contributed by atoms with Gasteiger partial charge in [0.2, 0.25) is 17.7 Å². The number of amides is 4. The van der Waals surface area contributed by atoms with Crippen molar-refractivity contribution in [1.29, 1.82) is 0 Å². The molecule has 0 aromatic heterocycles. The highest BCUT2D eigenvalue weighted by molar-refractivity contribution is 5.92. The van der Waals surface area contributed by atoms with Gasteiger partial charge in [0.15, 0.2) is 0 Å². The second-order valence-corrected chi connectivity index (χ2v) is 14.0. The molecule has 4 atom stereocenters. The van der Waals surface area contributed by atoms with Crippen LogP contribution in [0.4, 0.5) is 4.79 Å². The van der Waals surface area contributed by atoms with Gasteiger partial charge in [-0.25, -0.2) is 9.59 Å². The van der Waals surface area contributed by atoms with Gasteiger partial charge in [-0.05, 0) is 55.4 Å². The molecule has 56 heavy (non-hydrogen) atoms. The van der Waals surface area contributed by atoms with Crippen molar-refractivity contribution in [3.05, 3.63) is 108 Å². The van der Waals surface area contributed by atoms with Crippen LogP contribution >= 0.6 is 0 Å². The van der Waals surface area contributed by atoms with E-state index >= 15 is 0 Å². The van der Waals surface area contributed by atoms with Crippen LogP contribution in [0.2, 0.25) is 0 Å². The van der Waals surface area contributed by atoms with Gasteiger partial charge in [0.1, 0.15) is 30.2 Å². The monoisotopic (exact) mass is 770 g/mol. The molecular weight excluding hydrogens is 716 g/mol. The Morgan fingerprint density at radius 2 is 1.52 bits per heavy atom. The number of nitrogens with one attached hydrogen (secondary N) is 3. The highest BCUT2D eigenvalue weighted by Crippen LogP contribution is 2.30. The topological polar surface area (TPSA) is 162 Å². The number of methoxy groups -OCH3 is 2. The minimum absolute atomic E-state index is 0.0216. The van der Waals surface area contributed by atoms with E-state index in [2.05, 4.69) is 16.0 Å². The van der Waals surface area contributed by atoms with Crippen molar-refractivity contribution in [2.24, 2.45) is 11.8 Å². The molecule has 0 unspecified atom stereocenters. The Labute approximate surface area is 329 Å². The first-order valence-corrected chi connectivity index (χ1v) is 19.0. The molecule has 13 nitrogen and oxygen atoms in total. The molecule has 1 aliphatic heterocycles. The standard InChI is InChI=1S/C43H54N4O9/c1-6-55-39(48)20-18-34(25-32-21-22-47(42(32)51)27-33-17-19-35(53-4)26-38(33)54-5)44-40(49)37(24-30-13-9-7-10-14-30)45-41(50)36(23-29(2)3)46-43(52)56-28-31-15-11-8-12-16-31/h7-20,26,29,32,34,36-37H,6,21-25,27-28H2,1-5H3,(H,44,49)(H,45,50)(H,46,52)/b20-18+/t32-,34+,36-,37-/m0/s1. The van der Waals surface area contributed by atoms with Crippen LogP contribution in [0.15, 0.2) is 91.0 Å². The van der Waals surface area contributed by atoms with Gasteiger partial charge in [0.05, 0.1) is 20.8 Å². The molecular formula is C43H54N4O9. The summed E-state index contributed by atoms with van der Waals surface area (Å²) in [6, 6.07) is 21.0. The summed E-state index contributed by atoms with van der Waals surface area (Å²) in [7, 11) is 3.13. The van der Waals surface area contributed by atoms with E-state index in [0.717, 1.165) is 16.7 Å². The van der Waals surface area contributed by atoms with E-state index in [0.29, 0.717) is 37.4 Å². The summed E-state index contributed by atoms with van der Waals surface area (Å²) in [5.74, 6) is -0.964. The van der Waals surface area contributed by atoms with E-state index < -0.39 is 47.9 Å². The van der Waals surface area contributed by atoms with Crippen LogP contribution in [-0.2, 0) is 48.2 Å². The summed E-state index contributed by atoms with van der Waals surface area (Å²) in [4.78, 5) is 68.7. The number of hydrogen-bond acceptors (Lipinski definition) is 9. The summed E-state index contributed by atoms with van der Waals surface area (Å²) < 4.78 is 21.3. The van der Waals surface area contributed by atoms with Crippen molar-refractivity contribution in [2.75, 3.05) is 27.4 Å². The molecule has 1 saturated heterocycles. The molecule has 0 saturated carbocycles. The number of carbonyl (C=O) groups is 5. The van der Waals surface area contributed by atoms with Crippen molar-refractivity contribution < 1.29 is 42.9 Å². The van der Waals surface area contributed by atoms with Crippen molar-refractivity contribution in [3.63, 3.8) is 0 Å². The lowest BCUT2D eigenvalue weighted by molar-refractivity contribution is -0.137. The molecule has 13 heteroatoms. The van der Waals surface area contributed by atoms with Gasteiger partial charge in [-0.15, -0.1) is 0 Å². The van der Waals surface area contributed by atoms with Crippen molar-refractivity contribution >= 4 is 29.8 Å². The van der Waals surface area contributed by atoms with Gasteiger partial charge in [-0.2, -0.15) is 0 Å². The third kappa shape index (κ3) is 13.5. The number of rotatable bonds is 20. The smallest absolute Gasteiger partial charge is 0.408 e. The molecule has 3 aromatic rings. The molecule has 4 amide bonds. The Morgan fingerprint density at radius 1 is 0.839 bits per heavy atom. The Bertz CT molecular complexity index is 1780. The van der Waals surface area contributed by atoms with Crippen LogP contribution in [0.5, 0.6) is 11.5 Å². The van der Waals surface area contributed by atoms with Crippen LogP contribution < -0.4 is 25.4 Å². The zero-order valence-electron chi connectivity index (χ0n) is 32.8. The highest BCUT2D eigenvalue weighted by atomic mass is 16.5. The van der Waals surface area contributed by atoms with Crippen LogP contribution in [-0.4, -0.2) is 80.2 Å². The van der Waals surface area contributed by atoms with Crippen molar-refractivity contribution in [3.8, 4) is 11.5 Å². The largest absolute Gasteiger partial charge is 0.497 e. The SMILES string of the molecule is CCOC(=O)/C=C/[C@H](C[C@@H]1CCN(Cc2ccc(OC)cc2OC)C1=O)NC(=O)[C@H](Cc1ccccc1)NC(=O)[C@H](CC(C)C)NC(=O)OCc1ccccc1. The second kappa shape index (κ2) is 21.9. The summed E-state index contributed by atoms with van der Waals surface area (Å²) in [6.45, 7) is 6.55. The summed E-state index contributed by atoms with van der Waals surface area (Å²) in [6.07, 6.45) is 3.16. The Morgan fingerprint density at radius 3 is 2.16 bits per heavy atom. The first kappa shape index (κ1) is 42.9. The third-order valence-electron chi connectivity index (χ3n) is 9.33.